The summed E-state index contributed by atoms with van der Waals surface area (Å²) in [5.74, 6) is 2.38. The SMILES string of the molecule is Cc1ccnc(Cl)c1NCC1CC2C=CC1C2. The average Bonchev–Trinajstić information content (AvgIpc) is 2.90. The summed E-state index contributed by atoms with van der Waals surface area (Å²) in [7, 11) is 0. The van der Waals surface area contributed by atoms with E-state index in [9.17, 15) is 0 Å². The Kier molecular flexibility index (Phi) is 2.83. The van der Waals surface area contributed by atoms with Crippen molar-refractivity contribution in [2.45, 2.75) is 19.8 Å². The zero-order valence-electron chi connectivity index (χ0n) is 9.99. The van der Waals surface area contributed by atoms with Gasteiger partial charge >= 0.3 is 0 Å². The van der Waals surface area contributed by atoms with Gasteiger partial charge in [-0.3, -0.25) is 0 Å². The van der Waals surface area contributed by atoms with Crippen molar-refractivity contribution in [3.8, 4) is 0 Å². The number of rotatable bonds is 3. The third-order valence-corrected chi connectivity index (χ3v) is 4.36. The minimum absolute atomic E-state index is 0.587. The van der Waals surface area contributed by atoms with E-state index in [1.54, 1.807) is 6.20 Å². The number of fused-ring (bicyclic) bond motifs is 2. The predicted octanol–water partition coefficient (Wildman–Crippen LogP) is 3.67. The molecule has 2 aliphatic rings. The lowest BCUT2D eigenvalue weighted by molar-refractivity contribution is 0.472. The highest BCUT2D eigenvalue weighted by Crippen LogP contribution is 2.43. The zero-order chi connectivity index (χ0) is 11.8. The van der Waals surface area contributed by atoms with Crippen molar-refractivity contribution in [2.24, 2.45) is 17.8 Å². The largest absolute Gasteiger partial charge is 0.382 e. The van der Waals surface area contributed by atoms with Gasteiger partial charge in [-0.2, -0.15) is 0 Å². The van der Waals surface area contributed by atoms with Crippen LogP contribution in [0.4, 0.5) is 5.69 Å². The third-order valence-electron chi connectivity index (χ3n) is 4.07. The first-order valence-electron chi connectivity index (χ1n) is 6.27. The van der Waals surface area contributed by atoms with Gasteiger partial charge in [-0.05, 0) is 49.1 Å². The summed E-state index contributed by atoms with van der Waals surface area (Å²) >= 11 is 6.11. The van der Waals surface area contributed by atoms with Gasteiger partial charge in [-0.25, -0.2) is 4.98 Å². The van der Waals surface area contributed by atoms with Crippen LogP contribution < -0.4 is 5.32 Å². The van der Waals surface area contributed by atoms with E-state index >= 15 is 0 Å². The van der Waals surface area contributed by atoms with E-state index in [0.717, 1.165) is 30.0 Å². The Balaban J connectivity index is 1.66. The van der Waals surface area contributed by atoms with Crippen molar-refractivity contribution in [1.82, 2.24) is 4.98 Å². The molecule has 1 fully saturated rings. The van der Waals surface area contributed by atoms with E-state index in [0.29, 0.717) is 5.15 Å². The van der Waals surface area contributed by atoms with Crippen LogP contribution in [0.3, 0.4) is 0 Å². The van der Waals surface area contributed by atoms with Crippen molar-refractivity contribution in [2.75, 3.05) is 11.9 Å². The third kappa shape index (κ3) is 2.06. The summed E-state index contributed by atoms with van der Waals surface area (Å²) in [4.78, 5) is 4.12. The Morgan fingerprint density at radius 2 is 2.29 bits per heavy atom. The topological polar surface area (TPSA) is 24.9 Å². The zero-order valence-corrected chi connectivity index (χ0v) is 10.7. The highest BCUT2D eigenvalue weighted by atomic mass is 35.5. The quantitative estimate of drug-likeness (QED) is 0.652. The Bertz CT molecular complexity index is 435. The first kappa shape index (κ1) is 11.1. The molecule has 2 bridgehead atoms. The molecule has 0 aliphatic heterocycles. The molecule has 17 heavy (non-hydrogen) atoms. The summed E-state index contributed by atoms with van der Waals surface area (Å²) in [6.07, 6.45) is 9.20. The fraction of sp³-hybridized carbons (Fsp3) is 0.500. The normalized spacial score (nSPS) is 29.9. The number of aryl methyl sites for hydroxylation is 1. The summed E-state index contributed by atoms with van der Waals surface area (Å²) in [6.45, 7) is 3.08. The van der Waals surface area contributed by atoms with Crippen LogP contribution in [-0.4, -0.2) is 11.5 Å². The molecular formula is C14H17ClN2. The van der Waals surface area contributed by atoms with Crippen molar-refractivity contribution in [1.29, 1.82) is 0 Å². The van der Waals surface area contributed by atoms with Gasteiger partial charge in [0.2, 0.25) is 0 Å². The van der Waals surface area contributed by atoms with Crippen molar-refractivity contribution >= 4 is 17.3 Å². The molecule has 3 rings (SSSR count). The van der Waals surface area contributed by atoms with Gasteiger partial charge < -0.3 is 5.32 Å². The molecule has 0 saturated heterocycles. The number of nitrogens with zero attached hydrogens (tertiary/aromatic N) is 1. The highest BCUT2D eigenvalue weighted by Gasteiger charge is 2.35. The molecule has 1 saturated carbocycles. The molecule has 1 aromatic heterocycles. The van der Waals surface area contributed by atoms with E-state index in [2.05, 4.69) is 29.4 Å². The summed E-state index contributed by atoms with van der Waals surface area (Å²) < 4.78 is 0. The molecule has 1 aromatic rings. The van der Waals surface area contributed by atoms with E-state index in [1.807, 2.05) is 6.07 Å². The molecule has 0 radical (unpaired) electrons. The second kappa shape index (κ2) is 4.34. The lowest BCUT2D eigenvalue weighted by Crippen LogP contribution is -2.19. The van der Waals surface area contributed by atoms with E-state index in [-0.39, 0.29) is 0 Å². The number of aromatic nitrogens is 1. The number of halogens is 1. The number of allylic oxidation sites excluding steroid dienone is 2. The number of hydrogen-bond acceptors (Lipinski definition) is 2. The maximum absolute atomic E-state index is 6.11. The van der Waals surface area contributed by atoms with Crippen molar-refractivity contribution < 1.29 is 0 Å². The molecule has 2 aliphatic carbocycles. The first-order valence-corrected chi connectivity index (χ1v) is 6.65. The van der Waals surface area contributed by atoms with Crippen LogP contribution in [0.5, 0.6) is 0 Å². The standard InChI is InChI=1S/C14H17ClN2/c1-9-4-5-16-14(15)13(9)17-8-12-7-10-2-3-11(12)6-10/h2-5,10-12,17H,6-8H2,1H3. The summed E-state index contributed by atoms with van der Waals surface area (Å²) in [5, 5.41) is 4.07. The smallest absolute Gasteiger partial charge is 0.152 e. The monoisotopic (exact) mass is 248 g/mol. The lowest BCUT2D eigenvalue weighted by atomic mass is 9.93. The van der Waals surface area contributed by atoms with E-state index in [1.165, 1.54) is 18.4 Å². The molecule has 1 N–H and O–H groups in total. The molecular weight excluding hydrogens is 232 g/mol. The summed E-state index contributed by atoms with van der Waals surface area (Å²) in [5.41, 5.74) is 2.17. The van der Waals surface area contributed by atoms with Crippen LogP contribution in [0.25, 0.3) is 0 Å². The Labute approximate surface area is 107 Å². The molecule has 3 unspecified atom stereocenters. The molecule has 0 spiro atoms. The fourth-order valence-electron chi connectivity index (χ4n) is 3.10. The lowest BCUT2D eigenvalue weighted by Gasteiger charge is -2.20. The maximum atomic E-state index is 6.11. The fourth-order valence-corrected chi connectivity index (χ4v) is 3.37. The molecule has 0 amide bonds. The van der Waals surface area contributed by atoms with Crippen LogP contribution in [-0.2, 0) is 0 Å². The molecule has 1 heterocycles. The van der Waals surface area contributed by atoms with Gasteiger partial charge in [0.05, 0.1) is 5.69 Å². The Morgan fingerprint density at radius 3 is 2.94 bits per heavy atom. The van der Waals surface area contributed by atoms with Crippen LogP contribution >= 0.6 is 11.6 Å². The maximum Gasteiger partial charge on any atom is 0.152 e. The minimum atomic E-state index is 0.587. The predicted molar refractivity (Wildman–Crippen MR) is 71.3 cm³/mol. The number of nitrogens with one attached hydrogen (secondary N) is 1. The van der Waals surface area contributed by atoms with Crippen molar-refractivity contribution in [3.63, 3.8) is 0 Å². The van der Waals surface area contributed by atoms with E-state index < -0.39 is 0 Å². The molecule has 3 heteroatoms. The second-order valence-electron chi connectivity index (χ2n) is 5.21. The van der Waals surface area contributed by atoms with Gasteiger partial charge in [-0.15, -0.1) is 0 Å². The molecule has 90 valence electrons. The van der Waals surface area contributed by atoms with Gasteiger partial charge in [0.15, 0.2) is 5.15 Å². The van der Waals surface area contributed by atoms with Crippen LogP contribution in [0.2, 0.25) is 5.15 Å². The number of hydrogen-bond donors (Lipinski definition) is 1. The second-order valence-corrected chi connectivity index (χ2v) is 5.57. The number of anilines is 1. The minimum Gasteiger partial charge on any atom is -0.382 e. The number of pyridine rings is 1. The summed E-state index contributed by atoms with van der Waals surface area (Å²) in [6, 6.07) is 1.99. The Hall–Kier alpha value is -1.02. The average molecular weight is 249 g/mol. The van der Waals surface area contributed by atoms with Crippen LogP contribution in [0.1, 0.15) is 18.4 Å². The van der Waals surface area contributed by atoms with Gasteiger partial charge in [0.25, 0.3) is 0 Å². The van der Waals surface area contributed by atoms with Crippen LogP contribution in [0.15, 0.2) is 24.4 Å². The van der Waals surface area contributed by atoms with Gasteiger partial charge in [-0.1, -0.05) is 23.8 Å². The highest BCUT2D eigenvalue weighted by molar-refractivity contribution is 6.32. The van der Waals surface area contributed by atoms with Gasteiger partial charge in [0, 0.05) is 12.7 Å². The first-order chi connectivity index (χ1) is 8.24. The van der Waals surface area contributed by atoms with Gasteiger partial charge in [0.1, 0.15) is 0 Å². The molecule has 3 atom stereocenters. The molecule has 2 nitrogen and oxygen atoms in total. The van der Waals surface area contributed by atoms with Crippen molar-refractivity contribution in [3.05, 3.63) is 35.1 Å². The molecule has 0 aromatic carbocycles. The van der Waals surface area contributed by atoms with Crippen LogP contribution in [0, 0.1) is 24.7 Å². The Morgan fingerprint density at radius 1 is 1.41 bits per heavy atom. The van der Waals surface area contributed by atoms with E-state index in [4.69, 9.17) is 11.6 Å².